The number of halogens is 5. The number of hydrogen-bond acceptors (Lipinski definition) is 3. The minimum atomic E-state index is -4.52. The fraction of sp³-hybridized carbons (Fsp3) is 0.400. The van der Waals surface area contributed by atoms with Gasteiger partial charge in [-0.1, -0.05) is 23.7 Å². The average molecular weight is 448 g/mol. The van der Waals surface area contributed by atoms with Gasteiger partial charge in [-0.2, -0.15) is 13.2 Å². The molecule has 1 heterocycles. The van der Waals surface area contributed by atoms with Gasteiger partial charge in [0.15, 0.2) is 0 Å². The van der Waals surface area contributed by atoms with E-state index >= 15 is 0 Å². The van der Waals surface area contributed by atoms with Gasteiger partial charge in [0.2, 0.25) is 0 Å². The van der Waals surface area contributed by atoms with Crippen molar-refractivity contribution in [2.45, 2.75) is 43.3 Å². The summed E-state index contributed by atoms with van der Waals surface area (Å²) in [6.45, 7) is 0.483. The highest BCUT2D eigenvalue weighted by Gasteiger charge is 2.36. The van der Waals surface area contributed by atoms with E-state index in [0.29, 0.717) is 11.6 Å². The molecule has 4 nitrogen and oxygen atoms in total. The molecule has 29 heavy (non-hydrogen) atoms. The number of aromatic nitrogens is 1. The minimum Gasteiger partial charge on any atom is -0.349 e. The number of nitrogens with zero attached hydrogens (tertiary/aromatic N) is 1. The molecule has 3 N–H and O–H groups in total. The number of rotatable bonds is 4. The molecule has 0 atom stereocenters. The highest BCUT2D eigenvalue weighted by molar-refractivity contribution is 6.30. The van der Waals surface area contributed by atoms with Crippen LogP contribution in [0, 0.1) is 0 Å². The third kappa shape index (κ3) is 5.41. The topological polar surface area (TPSA) is 68.0 Å². The molecule has 0 unspecified atom stereocenters. The third-order valence-corrected chi connectivity index (χ3v) is 5.66. The van der Waals surface area contributed by atoms with Gasteiger partial charge in [-0.25, -0.2) is 0 Å². The van der Waals surface area contributed by atoms with Crippen LogP contribution in [-0.4, -0.2) is 23.5 Å². The Balaban J connectivity index is 0.00000300. The van der Waals surface area contributed by atoms with E-state index < -0.39 is 17.8 Å². The second-order valence-electron chi connectivity index (χ2n) is 7.17. The summed E-state index contributed by atoms with van der Waals surface area (Å²) >= 11 is 6.11. The van der Waals surface area contributed by atoms with E-state index in [4.69, 9.17) is 17.3 Å². The Morgan fingerprint density at radius 2 is 1.93 bits per heavy atom. The van der Waals surface area contributed by atoms with E-state index in [2.05, 4.69) is 10.3 Å². The zero-order valence-corrected chi connectivity index (χ0v) is 17.1. The monoisotopic (exact) mass is 447 g/mol. The maximum atomic E-state index is 12.6. The van der Waals surface area contributed by atoms with Crippen LogP contribution in [-0.2, 0) is 11.6 Å². The quantitative estimate of drug-likeness (QED) is 0.710. The normalized spacial score (nSPS) is 21.9. The van der Waals surface area contributed by atoms with Crippen molar-refractivity contribution in [1.29, 1.82) is 0 Å². The van der Waals surface area contributed by atoms with Gasteiger partial charge in [-0.15, -0.1) is 12.4 Å². The largest absolute Gasteiger partial charge is 0.433 e. The van der Waals surface area contributed by atoms with Gasteiger partial charge in [0.1, 0.15) is 5.69 Å². The lowest BCUT2D eigenvalue weighted by Crippen LogP contribution is -2.45. The van der Waals surface area contributed by atoms with E-state index in [9.17, 15) is 18.0 Å². The second-order valence-corrected chi connectivity index (χ2v) is 7.61. The van der Waals surface area contributed by atoms with Gasteiger partial charge >= 0.3 is 6.18 Å². The summed E-state index contributed by atoms with van der Waals surface area (Å²) in [6.07, 6.45) is -0.533. The van der Waals surface area contributed by atoms with E-state index in [1.165, 1.54) is 0 Å². The van der Waals surface area contributed by atoms with Crippen LogP contribution in [0.5, 0.6) is 0 Å². The van der Waals surface area contributed by atoms with E-state index in [0.717, 1.165) is 49.6 Å². The van der Waals surface area contributed by atoms with Gasteiger partial charge in [0, 0.05) is 29.2 Å². The molecule has 1 fully saturated rings. The van der Waals surface area contributed by atoms with Gasteiger partial charge in [-0.05, 0) is 55.5 Å². The molecule has 0 radical (unpaired) electrons. The molecule has 0 bridgehead atoms. The molecular weight excluding hydrogens is 426 g/mol. The molecule has 1 aliphatic carbocycles. The Bertz CT molecular complexity index is 836. The number of alkyl halides is 3. The second kappa shape index (κ2) is 9.32. The van der Waals surface area contributed by atoms with Crippen LogP contribution in [0.15, 0.2) is 42.6 Å². The maximum absolute atomic E-state index is 12.6. The molecule has 0 aliphatic heterocycles. The predicted molar refractivity (Wildman–Crippen MR) is 108 cm³/mol. The van der Waals surface area contributed by atoms with E-state index in [1.807, 2.05) is 24.3 Å². The Morgan fingerprint density at radius 1 is 1.24 bits per heavy atom. The summed E-state index contributed by atoms with van der Waals surface area (Å²) in [5.41, 5.74) is 6.09. The van der Waals surface area contributed by atoms with Crippen molar-refractivity contribution >= 4 is 29.9 Å². The van der Waals surface area contributed by atoms with E-state index in [1.54, 1.807) is 0 Å². The molecule has 2 aromatic rings. The Labute approximate surface area is 178 Å². The highest BCUT2D eigenvalue weighted by atomic mass is 35.5. The number of amides is 1. The van der Waals surface area contributed by atoms with Gasteiger partial charge in [0.25, 0.3) is 5.91 Å². The standard InChI is InChI=1S/C20H21ClF3N3O.ClH/c21-15-3-1-2-14(10-15)19(12-25)8-6-16(7-9-19)27-18(28)13-4-5-17(26-11-13)20(22,23)24;/h1-5,10-11,16H,6-9,12,25H2,(H,27,28);1H/t16-,19+;. The predicted octanol–water partition coefficient (Wildman–Crippen LogP) is 4.74. The molecular formula is C20H22Cl2F3N3O. The minimum absolute atomic E-state index is 0. The first-order chi connectivity index (χ1) is 13.2. The molecule has 158 valence electrons. The van der Waals surface area contributed by atoms with Crippen molar-refractivity contribution in [3.8, 4) is 0 Å². The van der Waals surface area contributed by atoms with Crippen LogP contribution in [0.1, 0.15) is 47.3 Å². The molecule has 1 aliphatic rings. The van der Waals surface area contributed by atoms with Crippen LogP contribution in [0.2, 0.25) is 5.02 Å². The number of nitrogens with two attached hydrogens (primary N) is 1. The van der Waals surface area contributed by atoms with Crippen molar-refractivity contribution in [3.63, 3.8) is 0 Å². The maximum Gasteiger partial charge on any atom is 0.433 e. The summed E-state index contributed by atoms with van der Waals surface area (Å²) in [5, 5.41) is 3.55. The average Bonchev–Trinajstić information content (AvgIpc) is 2.68. The lowest BCUT2D eigenvalue weighted by molar-refractivity contribution is -0.141. The van der Waals surface area contributed by atoms with Crippen molar-refractivity contribution in [2.24, 2.45) is 5.73 Å². The number of carbonyl (C=O) groups is 1. The summed E-state index contributed by atoms with van der Waals surface area (Å²) in [6, 6.07) is 9.57. The highest BCUT2D eigenvalue weighted by Crippen LogP contribution is 2.39. The summed E-state index contributed by atoms with van der Waals surface area (Å²) in [4.78, 5) is 15.7. The SMILES string of the molecule is Cl.NC[C@]1(c2cccc(Cl)c2)CC[C@@H](NC(=O)c2ccc(C(F)(F)F)nc2)CC1. The van der Waals surface area contributed by atoms with E-state index in [-0.39, 0.29) is 29.4 Å². The number of carbonyl (C=O) groups excluding carboxylic acids is 1. The molecule has 0 saturated heterocycles. The van der Waals surface area contributed by atoms with Gasteiger partial charge in [-0.3, -0.25) is 9.78 Å². The van der Waals surface area contributed by atoms with Crippen LogP contribution in [0.3, 0.4) is 0 Å². The summed E-state index contributed by atoms with van der Waals surface area (Å²) in [7, 11) is 0. The Kier molecular flexibility index (Phi) is 7.54. The molecule has 1 aromatic carbocycles. The summed E-state index contributed by atoms with van der Waals surface area (Å²) in [5.74, 6) is -0.422. The fourth-order valence-electron chi connectivity index (χ4n) is 3.71. The first kappa shape index (κ1) is 23.4. The molecule has 9 heteroatoms. The van der Waals surface area contributed by atoms with Crippen molar-refractivity contribution in [2.75, 3.05) is 6.54 Å². The fourth-order valence-corrected chi connectivity index (χ4v) is 3.90. The van der Waals surface area contributed by atoms with Gasteiger partial charge in [0.05, 0.1) is 5.56 Å². The third-order valence-electron chi connectivity index (χ3n) is 5.42. The lowest BCUT2D eigenvalue weighted by Gasteiger charge is -2.40. The van der Waals surface area contributed by atoms with Crippen molar-refractivity contribution in [1.82, 2.24) is 10.3 Å². The van der Waals surface area contributed by atoms with Crippen molar-refractivity contribution < 1.29 is 18.0 Å². The van der Waals surface area contributed by atoms with Crippen molar-refractivity contribution in [3.05, 3.63) is 64.4 Å². The summed E-state index contributed by atoms with van der Waals surface area (Å²) < 4.78 is 37.7. The number of pyridine rings is 1. The van der Waals surface area contributed by atoms with Gasteiger partial charge < -0.3 is 11.1 Å². The first-order valence-corrected chi connectivity index (χ1v) is 9.41. The Hall–Kier alpha value is -1.83. The molecule has 3 rings (SSSR count). The zero-order chi connectivity index (χ0) is 20.4. The number of hydrogen-bond donors (Lipinski definition) is 2. The number of benzene rings is 1. The zero-order valence-electron chi connectivity index (χ0n) is 15.5. The molecule has 0 spiro atoms. The first-order valence-electron chi connectivity index (χ1n) is 9.04. The Morgan fingerprint density at radius 3 is 2.45 bits per heavy atom. The molecule has 1 aromatic heterocycles. The number of nitrogens with one attached hydrogen (secondary N) is 1. The smallest absolute Gasteiger partial charge is 0.349 e. The van der Waals surface area contributed by atoms with Crippen LogP contribution >= 0.6 is 24.0 Å². The van der Waals surface area contributed by atoms with Crippen LogP contribution in [0.25, 0.3) is 0 Å². The van der Waals surface area contributed by atoms with Crippen LogP contribution < -0.4 is 11.1 Å². The molecule has 1 saturated carbocycles. The molecule has 1 amide bonds. The lowest BCUT2D eigenvalue weighted by atomic mass is 9.68. The van der Waals surface area contributed by atoms with Crippen LogP contribution in [0.4, 0.5) is 13.2 Å².